The monoisotopic (exact) mass is 355 g/mol. The number of hydrogen-bond donors (Lipinski definition) is 2. The van der Waals surface area contributed by atoms with Crippen LogP contribution in [0.1, 0.15) is 11.1 Å². The normalized spacial score (nSPS) is 10.8. The minimum Gasteiger partial charge on any atom is -0.354 e. The highest BCUT2D eigenvalue weighted by atomic mass is 19.1. The van der Waals surface area contributed by atoms with Gasteiger partial charge in [0.1, 0.15) is 5.82 Å². The SMILES string of the molecule is Cc1ccccc1CC(=O)NCCn1c(=O)c(=O)[nH]c2cc(F)ccc21. The average Bonchev–Trinajstić information content (AvgIpc) is 2.60. The van der Waals surface area contributed by atoms with Gasteiger partial charge in [-0.1, -0.05) is 24.3 Å². The molecule has 0 radical (unpaired) electrons. The van der Waals surface area contributed by atoms with Crippen LogP contribution in [0.15, 0.2) is 52.1 Å². The maximum Gasteiger partial charge on any atom is 0.316 e. The number of halogens is 1. The van der Waals surface area contributed by atoms with Gasteiger partial charge in [0.25, 0.3) is 0 Å². The van der Waals surface area contributed by atoms with Crippen LogP contribution in [-0.2, 0) is 17.8 Å². The molecule has 0 unspecified atom stereocenters. The van der Waals surface area contributed by atoms with Gasteiger partial charge in [0.2, 0.25) is 5.91 Å². The molecule has 3 rings (SSSR count). The van der Waals surface area contributed by atoms with E-state index in [0.29, 0.717) is 5.52 Å². The van der Waals surface area contributed by atoms with Gasteiger partial charge in [0.15, 0.2) is 0 Å². The minimum absolute atomic E-state index is 0.115. The lowest BCUT2D eigenvalue weighted by molar-refractivity contribution is -0.120. The number of amides is 1. The Morgan fingerprint density at radius 1 is 1.19 bits per heavy atom. The number of nitrogens with zero attached hydrogens (tertiary/aromatic N) is 1. The van der Waals surface area contributed by atoms with E-state index in [-0.39, 0.29) is 30.9 Å². The van der Waals surface area contributed by atoms with Gasteiger partial charge in [-0.2, -0.15) is 0 Å². The molecule has 1 aromatic heterocycles. The summed E-state index contributed by atoms with van der Waals surface area (Å²) < 4.78 is 14.6. The van der Waals surface area contributed by atoms with Crippen LogP contribution in [0.5, 0.6) is 0 Å². The zero-order valence-corrected chi connectivity index (χ0v) is 14.2. The highest BCUT2D eigenvalue weighted by molar-refractivity contribution is 5.79. The van der Waals surface area contributed by atoms with E-state index >= 15 is 0 Å². The Hall–Kier alpha value is -3.22. The van der Waals surface area contributed by atoms with E-state index in [2.05, 4.69) is 10.3 Å². The Bertz CT molecular complexity index is 1090. The standard InChI is InChI=1S/C19H18FN3O3/c1-12-4-2-3-5-13(12)10-17(24)21-8-9-23-16-7-6-14(20)11-15(16)22-18(25)19(23)26/h2-7,11H,8-10H2,1H3,(H,21,24)(H,22,25). The van der Waals surface area contributed by atoms with Crippen molar-refractivity contribution >= 4 is 16.9 Å². The third kappa shape index (κ3) is 3.72. The lowest BCUT2D eigenvalue weighted by Crippen LogP contribution is -2.39. The molecule has 2 aromatic carbocycles. The highest BCUT2D eigenvalue weighted by Gasteiger charge is 2.10. The number of fused-ring (bicyclic) bond motifs is 1. The van der Waals surface area contributed by atoms with Crippen molar-refractivity contribution in [1.82, 2.24) is 14.9 Å². The van der Waals surface area contributed by atoms with Gasteiger partial charge >= 0.3 is 11.1 Å². The first-order valence-corrected chi connectivity index (χ1v) is 8.19. The second kappa shape index (κ2) is 7.35. The number of hydrogen-bond acceptors (Lipinski definition) is 3. The van der Waals surface area contributed by atoms with Crippen LogP contribution in [0.3, 0.4) is 0 Å². The molecule has 26 heavy (non-hydrogen) atoms. The first kappa shape index (κ1) is 17.6. The van der Waals surface area contributed by atoms with E-state index in [4.69, 9.17) is 0 Å². The lowest BCUT2D eigenvalue weighted by atomic mass is 10.1. The van der Waals surface area contributed by atoms with Crippen molar-refractivity contribution in [3.63, 3.8) is 0 Å². The Morgan fingerprint density at radius 2 is 1.96 bits per heavy atom. The molecule has 0 saturated carbocycles. The molecule has 0 bridgehead atoms. The van der Waals surface area contributed by atoms with E-state index in [1.165, 1.54) is 16.7 Å². The Labute approximate surface area is 148 Å². The molecule has 0 saturated heterocycles. The number of carbonyl (C=O) groups excluding carboxylic acids is 1. The molecule has 6 nitrogen and oxygen atoms in total. The predicted octanol–water partition coefficient (Wildman–Crippen LogP) is 1.50. The largest absolute Gasteiger partial charge is 0.354 e. The third-order valence-electron chi connectivity index (χ3n) is 4.21. The molecule has 2 N–H and O–H groups in total. The van der Waals surface area contributed by atoms with Crippen LogP contribution in [-0.4, -0.2) is 22.0 Å². The van der Waals surface area contributed by atoms with Crippen molar-refractivity contribution in [1.29, 1.82) is 0 Å². The maximum atomic E-state index is 13.3. The topological polar surface area (TPSA) is 84.0 Å². The van der Waals surface area contributed by atoms with Gasteiger partial charge in [-0.15, -0.1) is 0 Å². The van der Waals surface area contributed by atoms with Gasteiger partial charge in [0.05, 0.1) is 17.5 Å². The summed E-state index contributed by atoms with van der Waals surface area (Å²) in [6.45, 7) is 2.23. The maximum absolute atomic E-state index is 13.3. The highest BCUT2D eigenvalue weighted by Crippen LogP contribution is 2.10. The van der Waals surface area contributed by atoms with Crippen molar-refractivity contribution in [2.45, 2.75) is 19.9 Å². The van der Waals surface area contributed by atoms with Crippen LogP contribution in [0.25, 0.3) is 11.0 Å². The zero-order valence-electron chi connectivity index (χ0n) is 14.2. The fraction of sp³-hybridized carbons (Fsp3) is 0.211. The fourth-order valence-corrected chi connectivity index (χ4v) is 2.82. The van der Waals surface area contributed by atoms with E-state index in [1.807, 2.05) is 31.2 Å². The van der Waals surface area contributed by atoms with E-state index in [0.717, 1.165) is 17.2 Å². The number of carbonyl (C=O) groups is 1. The van der Waals surface area contributed by atoms with Gasteiger partial charge < -0.3 is 14.9 Å². The number of rotatable bonds is 5. The van der Waals surface area contributed by atoms with Crippen LogP contribution >= 0.6 is 0 Å². The molecule has 0 aliphatic carbocycles. The summed E-state index contributed by atoms with van der Waals surface area (Å²) in [4.78, 5) is 38.3. The summed E-state index contributed by atoms with van der Waals surface area (Å²) in [5.41, 5.74) is 1.04. The second-order valence-corrected chi connectivity index (χ2v) is 6.03. The van der Waals surface area contributed by atoms with E-state index < -0.39 is 16.9 Å². The molecular weight excluding hydrogens is 337 g/mol. The number of benzene rings is 2. The van der Waals surface area contributed by atoms with Crippen LogP contribution in [0.4, 0.5) is 4.39 Å². The first-order chi connectivity index (χ1) is 12.5. The molecule has 134 valence electrons. The molecule has 0 atom stereocenters. The number of aromatic nitrogens is 2. The molecule has 0 aliphatic rings. The third-order valence-corrected chi connectivity index (χ3v) is 4.21. The number of aromatic amines is 1. The number of nitrogens with one attached hydrogen (secondary N) is 2. The predicted molar refractivity (Wildman–Crippen MR) is 96.7 cm³/mol. The first-order valence-electron chi connectivity index (χ1n) is 8.19. The van der Waals surface area contributed by atoms with Crippen molar-refractivity contribution in [3.05, 3.63) is 80.1 Å². The van der Waals surface area contributed by atoms with Crippen molar-refractivity contribution in [2.24, 2.45) is 0 Å². The zero-order chi connectivity index (χ0) is 18.7. The van der Waals surface area contributed by atoms with E-state index in [1.54, 1.807) is 0 Å². The average molecular weight is 355 g/mol. The lowest BCUT2D eigenvalue weighted by Gasteiger charge is -2.11. The van der Waals surface area contributed by atoms with Crippen molar-refractivity contribution in [2.75, 3.05) is 6.54 Å². The molecule has 0 aliphatic heterocycles. The van der Waals surface area contributed by atoms with Crippen molar-refractivity contribution in [3.8, 4) is 0 Å². The minimum atomic E-state index is -0.825. The Kier molecular flexibility index (Phi) is 4.97. The molecule has 3 aromatic rings. The summed E-state index contributed by atoms with van der Waals surface area (Å²) in [7, 11) is 0. The van der Waals surface area contributed by atoms with Crippen molar-refractivity contribution < 1.29 is 9.18 Å². The van der Waals surface area contributed by atoms with Crippen LogP contribution in [0, 0.1) is 12.7 Å². The molecule has 1 amide bonds. The molecular formula is C19H18FN3O3. The van der Waals surface area contributed by atoms with Crippen LogP contribution < -0.4 is 16.4 Å². The summed E-state index contributed by atoms with van der Waals surface area (Å²) in [5, 5.41) is 2.74. The molecule has 1 heterocycles. The number of H-pyrrole nitrogens is 1. The van der Waals surface area contributed by atoms with Gasteiger partial charge in [0, 0.05) is 13.1 Å². The quantitative estimate of drug-likeness (QED) is 0.680. The van der Waals surface area contributed by atoms with E-state index in [9.17, 15) is 18.8 Å². The summed E-state index contributed by atoms with van der Waals surface area (Å²) >= 11 is 0. The molecule has 0 spiro atoms. The van der Waals surface area contributed by atoms with Gasteiger partial charge in [-0.3, -0.25) is 14.4 Å². The fourth-order valence-electron chi connectivity index (χ4n) is 2.82. The Morgan fingerprint density at radius 3 is 2.73 bits per heavy atom. The smallest absolute Gasteiger partial charge is 0.316 e. The Balaban J connectivity index is 1.73. The van der Waals surface area contributed by atoms with Gasteiger partial charge in [-0.25, -0.2) is 4.39 Å². The van der Waals surface area contributed by atoms with Crippen LogP contribution in [0.2, 0.25) is 0 Å². The number of aryl methyl sites for hydroxylation is 1. The molecule has 0 fully saturated rings. The second-order valence-electron chi connectivity index (χ2n) is 6.03. The summed E-state index contributed by atoms with van der Waals surface area (Å²) in [6.07, 6.45) is 0.239. The van der Waals surface area contributed by atoms with Gasteiger partial charge in [-0.05, 0) is 36.2 Å². The summed E-state index contributed by atoms with van der Waals surface area (Å²) in [6, 6.07) is 11.4. The summed E-state index contributed by atoms with van der Waals surface area (Å²) in [5.74, 6) is -0.683. The molecule has 7 heteroatoms.